The van der Waals surface area contributed by atoms with Gasteiger partial charge in [0.1, 0.15) is 11.3 Å². The van der Waals surface area contributed by atoms with Crippen LogP contribution < -0.4 is 5.32 Å². The van der Waals surface area contributed by atoms with Gasteiger partial charge in [-0.05, 0) is 18.6 Å². The third-order valence-electron chi connectivity index (χ3n) is 2.47. The highest BCUT2D eigenvalue weighted by Crippen LogP contribution is 2.10. The average molecular weight is 232 g/mol. The summed E-state index contributed by atoms with van der Waals surface area (Å²) in [6.45, 7) is 2.56. The fourth-order valence-electron chi connectivity index (χ4n) is 1.61. The molecule has 0 bridgehead atoms. The van der Waals surface area contributed by atoms with Crippen LogP contribution in [0, 0.1) is 0 Å². The number of pyridine rings is 1. The van der Waals surface area contributed by atoms with Crippen LogP contribution in [-0.2, 0) is 0 Å². The first kappa shape index (κ1) is 11.7. The van der Waals surface area contributed by atoms with Gasteiger partial charge in [0.25, 0.3) is 0 Å². The van der Waals surface area contributed by atoms with Gasteiger partial charge >= 0.3 is 0 Å². The number of hydrogen-bond donors (Lipinski definition) is 2. The van der Waals surface area contributed by atoms with Crippen LogP contribution in [0.2, 0.25) is 0 Å². The molecule has 2 aromatic rings. The van der Waals surface area contributed by atoms with E-state index in [-0.39, 0.29) is 6.10 Å². The summed E-state index contributed by atoms with van der Waals surface area (Å²) in [7, 11) is 0. The van der Waals surface area contributed by atoms with Crippen molar-refractivity contribution in [2.24, 2.45) is 0 Å². The van der Waals surface area contributed by atoms with Gasteiger partial charge < -0.3 is 10.4 Å². The third kappa shape index (κ3) is 3.10. The van der Waals surface area contributed by atoms with Gasteiger partial charge in [0, 0.05) is 18.9 Å². The number of nitrogens with one attached hydrogen (secondary N) is 1. The second-order valence-electron chi connectivity index (χ2n) is 3.92. The van der Waals surface area contributed by atoms with Gasteiger partial charge in [-0.15, -0.1) is 0 Å². The molecule has 0 saturated heterocycles. The number of aliphatic hydroxyl groups excluding tert-OH is 1. The van der Waals surface area contributed by atoms with E-state index in [0.29, 0.717) is 18.0 Å². The Bertz CT molecular complexity index is 489. The molecule has 0 aromatic carbocycles. The zero-order valence-corrected chi connectivity index (χ0v) is 9.80. The highest BCUT2D eigenvalue weighted by molar-refractivity contribution is 5.71. The molecular formula is C12H16N4O. The zero-order chi connectivity index (χ0) is 12.1. The molecule has 0 radical (unpaired) electrons. The first-order valence-electron chi connectivity index (χ1n) is 5.79. The number of rotatable bonds is 5. The average Bonchev–Trinajstić information content (AvgIpc) is 2.36. The maximum atomic E-state index is 9.61. The minimum atomic E-state index is -0.334. The Balaban J connectivity index is 2.04. The predicted octanol–water partition coefficient (Wildman–Crippen LogP) is 1.60. The number of hydrogen-bond acceptors (Lipinski definition) is 5. The van der Waals surface area contributed by atoms with Crippen molar-refractivity contribution in [3.05, 3.63) is 24.5 Å². The SMILES string of the molecule is CCCC(O)CNc1ccc2nccnc2n1. The van der Waals surface area contributed by atoms with Crippen LogP contribution in [0.4, 0.5) is 5.82 Å². The van der Waals surface area contributed by atoms with Crippen molar-refractivity contribution in [1.82, 2.24) is 15.0 Å². The Kier molecular flexibility index (Phi) is 3.82. The molecule has 0 aliphatic rings. The minimum Gasteiger partial charge on any atom is -0.391 e. The van der Waals surface area contributed by atoms with Gasteiger partial charge in [-0.25, -0.2) is 9.97 Å². The summed E-state index contributed by atoms with van der Waals surface area (Å²) >= 11 is 0. The highest BCUT2D eigenvalue weighted by atomic mass is 16.3. The summed E-state index contributed by atoms with van der Waals surface area (Å²) in [6.07, 6.45) is 4.69. The molecule has 1 atom stereocenters. The molecule has 0 fully saturated rings. The summed E-state index contributed by atoms with van der Waals surface area (Å²) in [6, 6.07) is 3.71. The van der Waals surface area contributed by atoms with E-state index in [9.17, 15) is 5.11 Å². The Labute approximate surface area is 99.9 Å². The monoisotopic (exact) mass is 232 g/mol. The molecule has 2 N–H and O–H groups in total. The first-order valence-corrected chi connectivity index (χ1v) is 5.79. The summed E-state index contributed by atoms with van der Waals surface area (Å²) in [4.78, 5) is 12.6. The molecule has 90 valence electrons. The lowest BCUT2D eigenvalue weighted by Gasteiger charge is -2.11. The van der Waals surface area contributed by atoms with Crippen LogP contribution in [0.25, 0.3) is 11.2 Å². The molecule has 1 unspecified atom stereocenters. The summed E-state index contributed by atoms with van der Waals surface area (Å²) in [5.74, 6) is 0.716. The second-order valence-corrected chi connectivity index (χ2v) is 3.92. The van der Waals surface area contributed by atoms with E-state index in [0.717, 1.165) is 18.4 Å². The standard InChI is InChI=1S/C12H16N4O/c1-2-3-9(17)8-15-11-5-4-10-12(16-11)14-7-6-13-10/h4-7,9,17H,2-3,8H2,1H3,(H,14,15,16). The van der Waals surface area contributed by atoms with E-state index in [4.69, 9.17) is 0 Å². The largest absolute Gasteiger partial charge is 0.391 e. The molecule has 17 heavy (non-hydrogen) atoms. The Morgan fingerprint density at radius 3 is 2.94 bits per heavy atom. The molecule has 0 aliphatic heterocycles. The van der Waals surface area contributed by atoms with Crippen molar-refractivity contribution in [2.45, 2.75) is 25.9 Å². The predicted molar refractivity (Wildman–Crippen MR) is 66.7 cm³/mol. The lowest BCUT2D eigenvalue weighted by atomic mass is 10.2. The molecule has 0 saturated carbocycles. The van der Waals surface area contributed by atoms with E-state index in [1.165, 1.54) is 0 Å². The van der Waals surface area contributed by atoms with E-state index >= 15 is 0 Å². The smallest absolute Gasteiger partial charge is 0.180 e. The van der Waals surface area contributed by atoms with Crippen LogP contribution in [0.5, 0.6) is 0 Å². The third-order valence-corrected chi connectivity index (χ3v) is 2.47. The van der Waals surface area contributed by atoms with E-state index in [1.54, 1.807) is 12.4 Å². The lowest BCUT2D eigenvalue weighted by molar-refractivity contribution is 0.176. The van der Waals surface area contributed by atoms with E-state index in [2.05, 4.69) is 20.3 Å². The summed E-state index contributed by atoms with van der Waals surface area (Å²) in [5, 5.41) is 12.7. The fourth-order valence-corrected chi connectivity index (χ4v) is 1.61. The van der Waals surface area contributed by atoms with Crippen molar-refractivity contribution in [3.63, 3.8) is 0 Å². The maximum Gasteiger partial charge on any atom is 0.180 e. The van der Waals surface area contributed by atoms with E-state index in [1.807, 2.05) is 19.1 Å². The van der Waals surface area contributed by atoms with Gasteiger partial charge in [-0.2, -0.15) is 0 Å². The van der Waals surface area contributed by atoms with Crippen molar-refractivity contribution in [2.75, 3.05) is 11.9 Å². The highest BCUT2D eigenvalue weighted by Gasteiger charge is 2.03. The molecule has 2 rings (SSSR count). The number of aliphatic hydroxyl groups is 1. The van der Waals surface area contributed by atoms with Crippen molar-refractivity contribution >= 4 is 17.0 Å². The van der Waals surface area contributed by atoms with Gasteiger partial charge in [-0.3, -0.25) is 4.98 Å². The molecule has 0 aliphatic carbocycles. The van der Waals surface area contributed by atoms with Crippen molar-refractivity contribution in [1.29, 1.82) is 0 Å². The molecule has 0 spiro atoms. The normalized spacial score (nSPS) is 12.6. The minimum absolute atomic E-state index is 0.334. The lowest BCUT2D eigenvalue weighted by Crippen LogP contribution is -2.19. The number of anilines is 1. The van der Waals surface area contributed by atoms with Crippen LogP contribution in [0.3, 0.4) is 0 Å². The Morgan fingerprint density at radius 2 is 2.12 bits per heavy atom. The van der Waals surface area contributed by atoms with Gasteiger partial charge in [0.15, 0.2) is 5.65 Å². The second kappa shape index (κ2) is 5.54. The molecule has 2 heterocycles. The summed E-state index contributed by atoms with van der Waals surface area (Å²) in [5.41, 5.74) is 1.38. The van der Waals surface area contributed by atoms with Crippen LogP contribution in [0.15, 0.2) is 24.5 Å². The maximum absolute atomic E-state index is 9.61. The number of aromatic nitrogens is 3. The van der Waals surface area contributed by atoms with Crippen molar-refractivity contribution < 1.29 is 5.11 Å². The van der Waals surface area contributed by atoms with Crippen LogP contribution in [-0.4, -0.2) is 32.7 Å². The fraction of sp³-hybridized carbons (Fsp3) is 0.417. The first-order chi connectivity index (χ1) is 8.29. The van der Waals surface area contributed by atoms with Gasteiger partial charge in [0.2, 0.25) is 0 Å². The summed E-state index contributed by atoms with van der Waals surface area (Å²) < 4.78 is 0. The molecule has 0 amide bonds. The van der Waals surface area contributed by atoms with E-state index < -0.39 is 0 Å². The molecule has 5 heteroatoms. The quantitative estimate of drug-likeness (QED) is 0.819. The Hall–Kier alpha value is -1.75. The van der Waals surface area contributed by atoms with Crippen molar-refractivity contribution in [3.8, 4) is 0 Å². The zero-order valence-electron chi connectivity index (χ0n) is 9.80. The van der Waals surface area contributed by atoms with Crippen LogP contribution in [0.1, 0.15) is 19.8 Å². The number of nitrogens with zero attached hydrogens (tertiary/aromatic N) is 3. The molecular weight excluding hydrogens is 216 g/mol. The molecule has 2 aromatic heterocycles. The number of fused-ring (bicyclic) bond motifs is 1. The topological polar surface area (TPSA) is 70.9 Å². The van der Waals surface area contributed by atoms with Gasteiger partial charge in [0.05, 0.1) is 6.10 Å². The van der Waals surface area contributed by atoms with Crippen LogP contribution >= 0.6 is 0 Å². The Morgan fingerprint density at radius 1 is 1.29 bits per heavy atom. The molecule has 5 nitrogen and oxygen atoms in total. The van der Waals surface area contributed by atoms with Gasteiger partial charge in [-0.1, -0.05) is 13.3 Å².